The van der Waals surface area contributed by atoms with Crippen LogP contribution in [-0.4, -0.2) is 28.5 Å². The number of rotatable bonds is 6. The molecule has 0 unspecified atom stereocenters. The molecule has 0 saturated carbocycles. The first-order valence-electron chi connectivity index (χ1n) is 6.76. The lowest BCUT2D eigenvalue weighted by molar-refractivity contribution is 0.0944. The third-order valence-corrected chi connectivity index (χ3v) is 4.29. The second kappa shape index (κ2) is 7.45. The minimum Gasteiger partial charge on any atom is -0.497 e. The lowest BCUT2D eigenvalue weighted by Gasteiger charge is -2.11. The van der Waals surface area contributed by atoms with Crippen LogP contribution in [0.1, 0.15) is 10.4 Å². The highest BCUT2D eigenvalue weighted by Gasteiger charge is 2.18. The van der Waals surface area contributed by atoms with Crippen molar-refractivity contribution < 1.29 is 31.5 Å². The van der Waals surface area contributed by atoms with Gasteiger partial charge in [0.1, 0.15) is 23.1 Å². The van der Waals surface area contributed by atoms with Crippen LogP contribution in [0.5, 0.6) is 11.5 Å². The third-order valence-electron chi connectivity index (χ3n) is 3.06. The Balaban J connectivity index is 2.18. The average molecular weight is 372 g/mol. The quantitative estimate of drug-likeness (QED) is 0.752. The molecular weight excluding hydrogens is 358 g/mol. The number of amides is 1. The maximum Gasteiger partial charge on any atom is 0.266 e. The van der Waals surface area contributed by atoms with Gasteiger partial charge in [-0.25, -0.2) is 17.2 Å². The molecule has 2 aromatic rings. The average Bonchev–Trinajstić information content (AvgIpc) is 2.58. The molecule has 134 valence electrons. The molecule has 0 aromatic heterocycles. The molecule has 0 fully saturated rings. The number of benzene rings is 2. The first kappa shape index (κ1) is 18.6. The molecule has 0 aliphatic heterocycles. The predicted molar refractivity (Wildman–Crippen MR) is 83.7 cm³/mol. The monoisotopic (exact) mass is 372 g/mol. The van der Waals surface area contributed by atoms with E-state index in [4.69, 9.17) is 9.47 Å². The van der Waals surface area contributed by atoms with E-state index < -0.39 is 32.5 Å². The number of carbonyl (C=O) groups is 1. The van der Waals surface area contributed by atoms with E-state index in [-0.39, 0.29) is 5.56 Å². The highest BCUT2D eigenvalue weighted by atomic mass is 32.2. The number of methoxy groups -OCH3 is 2. The second-order valence-corrected chi connectivity index (χ2v) is 6.45. The maximum absolute atomic E-state index is 13.1. The van der Waals surface area contributed by atoms with Crippen LogP contribution in [0, 0.1) is 11.6 Å². The van der Waals surface area contributed by atoms with Crippen molar-refractivity contribution >= 4 is 15.9 Å². The number of nitrogens with one attached hydrogen (secondary N) is 2. The summed E-state index contributed by atoms with van der Waals surface area (Å²) in [4.78, 5) is 13.2. The largest absolute Gasteiger partial charge is 0.497 e. The van der Waals surface area contributed by atoms with Gasteiger partial charge in [0, 0.05) is 17.7 Å². The zero-order chi connectivity index (χ0) is 18.6. The van der Waals surface area contributed by atoms with Gasteiger partial charge in [-0.3, -0.25) is 10.2 Å². The van der Waals surface area contributed by atoms with E-state index in [1.807, 2.05) is 5.43 Å². The molecule has 0 saturated heterocycles. The van der Waals surface area contributed by atoms with Crippen LogP contribution >= 0.6 is 0 Å². The molecule has 2 rings (SSSR count). The first-order valence-corrected chi connectivity index (χ1v) is 8.25. The van der Waals surface area contributed by atoms with Gasteiger partial charge in [-0.1, -0.05) is 0 Å². The molecule has 0 heterocycles. The number of sulfonamides is 1. The van der Waals surface area contributed by atoms with Gasteiger partial charge in [0.2, 0.25) is 0 Å². The molecule has 7 nitrogen and oxygen atoms in total. The SMILES string of the molecule is COc1cc(OC)cc(C(=O)NNS(=O)(=O)c2cc(F)cc(F)c2)c1. The van der Waals surface area contributed by atoms with Crippen LogP contribution < -0.4 is 19.7 Å². The highest BCUT2D eigenvalue weighted by molar-refractivity contribution is 7.89. The van der Waals surface area contributed by atoms with Gasteiger partial charge < -0.3 is 9.47 Å². The number of hydrogen-bond donors (Lipinski definition) is 2. The summed E-state index contributed by atoms with van der Waals surface area (Å²) in [6.45, 7) is 0. The Bertz CT molecular complexity index is 860. The van der Waals surface area contributed by atoms with Crippen LogP contribution in [0.4, 0.5) is 8.78 Å². The number of hydrogen-bond acceptors (Lipinski definition) is 5. The molecule has 10 heteroatoms. The van der Waals surface area contributed by atoms with Crippen LogP contribution in [0.15, 0.2) is 41.3 Å². The van der Waals surface area contributed by atoms with Crippen molar-refractivity contribution in [2.45, 2.75) is 4.90 Å². The number of hydrazine groups is 1. The Kier molecular flexibility index (Phi) is 5.55. The predicted octanol–water partition coefficient (Wildman–Crippen LogP) is 1.61. The number of carbonyl (C=O) groups excluding carboxylic acids is 1. The summed E-state index contributed by atoms with van der Waals surface area (Å²) in [7, 11) is -1.59. The van der Waals surface area contributed by atoms with Crippen molar-refractivity contribution in [2.75, 3.05) is 14.2 Å². The molecule has 0 atom stereocenters. The van der Waals surface area contributed by atoms with E-state index in [1.54, 1.807) is 4.83 Å². The minimum atomic E-state index is -4.36. The maximum atomic E-state index is 13.1. The van der Waals surface area contributed by atoms with Crippen molar-refractivity contribution in [3.63, 3.8) is 0 Å². The molecule has 0 aliphatic carbocycles. The number of ether oxygens (including phenoxy) is 2. The van der Waals surface area contributed by atoms with Crippen LogP contribution in [0.25, 0.3) is 0 Å². The van der Waals surface area contributed by atoms with E-state index in [9.17, 15) is 22.0 Å². The van der Waals surface area contributed by atoms with Gasteiger partial charge in [-0.2, -0.15) is 0 Å². The van der Waals surface area contributed by atoms with E-state index in [1.165, 1.54) is 32.4 Å². The summed E-state index contributed by atoms with van der Waals surface area (Å²) >= 11 is 0. The fraction of sp³-hybridized carbons (Fsp3) is 0.133. The van der Waals surface area contributed by atoms with Gasteiger partial charge in [0.05, 0.1) is 19.1 Å². The Hall–Kier alpha value is -2.72. The summed E-state index contributed by atoms with van der Waals surface area (Å²) < 4.78 is 60.3. The van der Waals surface area contributed by atoms with E-state index in [0.717, 1.165) is 0 Å². The fourth-order valence-electron chi connectivity index (χ4n) is 1.87. The van der Waals surface area contributed by atoms with Crippen LogP contribution in [0.3, 0.4) is 0 Å². The molecule has 2 aromatic carbocycles. The molecule has 25 heavy (non-hydrogen) atoms. The Morgan fingerprint density at radius 1 is 0.920 bits per heavy atom. The van der Waals surface area contributed by atoms with Crippen molar-refractivity contribution in [3.05, 3.63) is 53.6 Å². The van der Waals surface area contributed by atoms with E-state index >= 15 is 0 Å². The zero-order valence-electron chi connectivity index (χ0n) is 13.2. The fourth-order valence-corrected chi connectivity index (χ4v) is 2.75. The van der Waals surface area contributed by atoms with Gasteiger partial charge in [0.25, 0.3) is 15.9 Å². The van der Waals surface area contributed by atoms with Crippen molar-refractivity contribution in [3.8, 4) is 11.5 Å². The lowest BCUT2D eigenvalue weighted by atomic mass is 10.2. The third kappa shape index (κ3) is 4.64. The molecule has 0 aliphatic rings. The second-order valence-electron chi connectivity index (χ2n) is 4.77. The van der Waals surface area contributed by atoms with E-state index in [2.05, 4.69) is 0 Å². The topological polar surface area (TPSA) is 93.7 Å². The van der Waals surface area contributed by atoms with Crippen LogP contribution in [-0.2, 0) is 10.0 Å². The molecule has 1 amide bonds. The smallest absolute Gasteiger partial charge is 0.266 e. The lowest BCUT2D eigenvalue weighted by Crippen LogP contribution is -2.41. The molecule has 0 spiro atoms. The first-order chi connectivity index (χ1) is 11.7. The Morgan fingerprint density at radius 2 is 1.44 bits per heavy atom. The molecule has 0 radical (unpaired) electrons. The zero-order valence-corrected chi connectivity index (χ0v) is 14.0. The summed E-state index contributed by atoms with van der Waals surface area (Å²) in [6, 6.07) is 6.00. The van der Waals surface area contributed by atoms with Gasteiger partial charge >= 0.3 is 0 Å². The summed E-state index contributed by atoms with van der Waals surface area (Å²) in [5.41, 5.74) is 1.99. The summed E-state index contributed by atoms with van der Waals surface area (Å²) in [5, 5.41) is 0. The molecule has 2 N–H and O–H groups in total. The van der Waals surface area contributed by atoms with Crippen molar-refractivity contribution in [1.82, 2.24) is 10.3 Å². The standard InChI is InChI=1S/C15H14F2N2O5S/c1-23-12-3-9(4-13(8-12)24-2)15(20)18-19-25(21,22)14-6-10(16)5-11(17)7-14/h3-8,19H,1-2H3,(H,18,20). The van der Waals surface area contributed by atoms with Gasteiger partial charge in [0.15, 0.2) is 0 Å². The molecule has 0 bridgehead atoms. The van der Waals surface area contributed by atoms with Crippen LogP contribution in [0.2, 0.25) is 0 Å². The normalized spacial score (nSPS) is 11.0. The van der Waals surface area contributed by atoms with Crippen molar-refractivity contribution in [2.24, 2.45) is 0 Å². The Labute approximate surface area is 142 Å². The minimum absolute atomic E-state index is 0.0457. The highest BCUT2D eigenvalue weighted by Crippen LogP contribution is 2.22. The number of halogens is 2. The summed E-state index contributed by atoms with van der Waals surface area (Å²) in [6.07, 6.45) is 0. The van der Waals surface area contributed by atoms with E-state index in [0.29, 0.717) is 29.7 Å². The summed E-state index contributed by atoms with van der Waals surface area (Å²) in [5.74, 6) is -2.31. The van der Waals surface area contributed by atoms with Gasteiger partial charge in [-0.15, -0.1) is 4.83 Å². The Morgan fingerprint density at radius 3 is 1.92 bits per heavy atom. The molecular formula is C15H14F2N2O5S. The van der Waals surface area contributed by atoms with Gasteiger partial charge in [-0.05, 0) is 24.3 Å². The van der Waals surface area contributed by atoms with Crippen molar-refractivity contribution in [1.29, 1.82) is 0 Å².